The molecule has 2 aliphatic heterocycles. The third kappa shape index (κ3) is 1.23. The minimum Gasteiger partial charge on any atom is -0.311 e. The van der Waals surface area contributed by atoms with Gasteiger partial charge in [0.05, 0.1) is 6.54 Å². The van der Waals surface area contributed by atoms with Gasteiger partial charge in [0.2, 0.25) is 0 Å². The van der Waals surface area contributed by atoms with Crippen LogP contribution in [0.5, 0.6) is 0 Å². The molecule has 0 radical (unpaired) electrons. The Hall–Kier alpha value is -0.220. The third-order valence-electron chi connectivity index (χ3n) is 2.93. The standard InChI is InChI=1S/C8H14F2N2/c1-12-3-6-2-11-5-8(9,10)7(6)4-12/h6-7,11H,2-5H2,1H3/t6-,7+/m1/s1. The molecular weight excluding hydrogens is 162 g/mol. The summed E-state index contributed by atoms with van der Waals surface area (Å²) in [4.78, 5) is 2.00. The lowest BCUT2D eigenvalue weighted by Crippen LogP contribution is -2.50. The molecule has 0 bridgehead atoms. The van der Waals surface area contributed by atoms with Crippen LogP contribution in [-0.2, 0) is 0 Å². The summed E-state index contributed by atoms with van der Waals surface area (Å²) in [7, 11) is 1.91. The van der Waals surface area contributed by atoms with Crippen LogP contribution < -0.4 is 5.32 Å². The van der Waals surface area contributed by atoms with Gasteiger partial charge in [-0.05, 0) is 19.5 Å². The Balaban J connectivity index is 2.13. The molecule has 0 unspecified atom stereocenters. The first kappa shape index (κ1) is 8.38. The fourth-order valence-corrected chi connectivity index (χ4v) is 2.33. The van der Waals surface area contributed by atoms with Gasteiger partial charge in [-0.15, -0.1) is 0 Å². The van der Waals surface area contributed by atoms with E-state index in [0.717, 1.165) is 13.1 Å². The van der Waals surface area contributed by atoms with Crippen LogP contribution in [-0.4, -0.2) is 44.0 Å². The molecule has 2 aliphatic rings. The molecule has 0 aromatic heterocycles. The number of alkyl halides is 2. The number of halogens is 2. The molecule has 2 atom stereocenters. The number of fused-ring (bicyclic) bond motifs is 1. The van der Waals surface area contributed by atoms with Crippen LogP contribution in [0.25, 0.3) is 0 Å². The van der Waals surface area contributed by atoms with Gasteiger partial charge in [0, 0.05) is 19.0 Å². The molecule has 4 heteroatoms. The average molecular weight is 176 g/mol. The predicted octanol–water partition coefficient (Wildman–Crippen LogP) is 0.403. The second kappa shape index (κ2) is 2.64. The van der Waals surface area contributed by atoms with E-state index in [4.69, 9.17) is 0 Å². The van der Waals surface area contributed by atoms with Gasteiger partial charge >= 0.3 is 0 Å². The van der Waals surface area contributed by atoms with E-state index in [2.05, 4.69) is 5.32 Å². The fraction of sp³-hybridized carbons (Fsp3) is 1.00. The van der Waals surface area contributed by atoms with Gasteiger partial charge in [-0.2, -0.15) is 0 Å². The van der Waals surface area contributed by atoms with Crippen molar-refractivity contribution in [1.82, 2.24) is 10.2 Å². The Morgan fingerprint density at radius 3 is 2.83 bits per heavy atom. The zero-order valence-corrected chi connectivity index (χ0v) is 7.19. The highest BCUT2D eigenvalue weighted by Crippen LogP contribution is 2.37. The van der Waals surface area contributed by atoms with Crippen LogP contribution in [0.2, 0.25) is 0 Å². The van der Waals surface area contributed by atoms with Gasteiger partial charge in [-0.1, -0.05) is 0 Å². The number of likely N-dealkylation sites (tertiary alicyclic amines) is 1. The van der Waals surface area contributed by atoms with Crippen LogP contribution in [0.4, 0.5) is 8.78 Å². The van der Waals surface area contributed by atoms with E-state index < -0.39 is 11.8 Å². The Morgan fingerprint density at radius 1 is 1.42 bits per heavy atom. The first-order chi connectivity index (χ1) is 5.59. The smallest absolute Gasteiger partial charge is 0.264 e. The lowest BCUT2D eigenvalue weighted by molar-refractivity contribution is -0.0817. The molecule has 2 heterocycles. The summed E-state index contributed by atoms with van der Waals surface area (Å²) in [6.45, 7) is 1.99. The van der Waals surface area contributed by atoms with E-state index in [-0.39, 0.29) is 12.5 Å². The molecule has 1 N–H and O–H groups in total. The fourth-order valence-electron chi connectivity index (χ4n) is 2.33. The van der Waals surface area contributed by atoms with E-state index in [0.29, 0.717) is 6.54 Å². The zero-order valence-electron chi connectivity index (χ0n) is 7.19. The topological polar surface area (TPSA) is 15.3 Å². The highest BCUT2D eigenvalue weighted by atomic mass is 19.3. The van der Waals surface area contributed by atoms with Crippen molar-refractivity contribution in [3.8, 4) is 0 Å². The van der Waals surface area contributed by atoms with Crippen LogP contribution in [0.1, 0.15) is 0 Å². The van der Waals surface area contributed by atoms with Crippen LogP contribution in [0.15, 0.2) is 0 Å². The quantitative estimate of drug-likeness (QED) is 0.575. The minimum atomic E-state index is -2.49. The minimum absolute atomic E-state index is 0.137. The van der Waals surface area contributed by atoms with Crippen molar-refractivity contribution < 1.29 is 8.78 Å². The molecule has 0 aromatic carbocycles. The second-order valence-electron chi connectivity index (χ2n) is 3.98. The molecular formula is C8H14F2N2. The van der Waals surface area contributed by atoms with E-state index in [1.165, 1.54) is 0 Å². The first-order valence-corrected chi connectivity index (χ1v) is 4.37. The summed E-state index contributed by atoms with van der Waals surface area (Å²) in [6, 6.07) is 0. The van der Waals surface area contributed by atoms with Crippen LogP contribution in [0.3, 0.4) is 0 Å². The van der Waals surface area contributed by atoms with E-state index in [9.17, 15) is 8.78 Å². The van der Waals surface area contributed by atoms with Gasteiger partial charge in [0.15, 0.2) is 0 Å². The number of rotatable bonds is 0. The molecule has 70 valence electrons. The highest BCUT2D eigenvalue weighted by molar-refractivity contribution is 4.96. The van der Waals surface area contributed by atoms with Crippen molar-refractivity contribution in [2.24, 2.45) is 11.8 Å². The Labute approximate surface area is 70.9 Å². The molecule has 2 fully saturated rings. The molecule has 2 nitrogen and oxygen atoms in total. The average Bonchev–Trinajstić information content (AvgIpc) is 2.30. The molecule has 0 aliphatic carbocycles. The van der Waals surface area contributed by atoms with Crippen molar-refractivity contribution in [1.29, 1.82) is 0 Å². The van der Waals surface area contributed by atoms with Crippen molar-refractivity contribution in [3.05, 3.63) is 0 Å². The van der Waals surface area contributed by atoms with E-state index in [1.54, 1.807) is 0 Å². The van der Waals surface area contributed by atoms with Gasteiger partial charge in [0.25, 0.3) is 5.92 Å². The Morgan fingerprint density at radius 2 is 2.17 bits per heavy atom. The molecule has 0 saturated carbocycles. The summed E-state index contributed by atoms with van der Waals surface area (Å²) in [5, 5.41) is 2.79. The van der Waals surface area contributed by atoms with Crippen LogP contribution in [0, 0.1) is 11.8 Å². The molecule has 2 rings (SSSR count). The van der Waals surface area contributed by atoms with Crippen molar-refractivity contribution >= 4 is 0 Å². The number of nitrogens with one attached hydrogen (secondary N) is 1. The molecule has 12 heavy (non-hydrogen) atoms. The summed E-state index contributed by atoms with van der Waals surface area (Å²) in [6.07, 6.45) is 0. The van der Waals surface area contributed by atoms with Gasteiger partial charge in [-0.3, -0.25) is 0 Å². The number of hydrogen-bond donors (Lipinski definition) is 1. The summed E-state index contributed by atoms with van der Waals surface area (Å²) < 4.78 is 26.5. The van der Waals surface area contributed by atoms with E-state index in [1.807, 2.05) is 11.9 Å². The number of hydrogen-bond acceptors (Lipinski definition) is 2. The maximum Gasteiger partial charge on any atom is 0.264 e. The van der Waals surface area contributed by atoms with Crippen molar-refractivity contribution in [3.63, 3.8) is 0 Å². The van der Waals surface area contributed by atoms with Crippen molar-refractivity contribution in [2.75, 3.05) is 33.2 Å². The predicted molar refractivity (Wildman–Crippen MR) is 42.3 cm³/mol. The zero-order chi connectivity index (χ0) is 8.77. The third-order valence-corrected chi connectivity index (χ3v) is 2.93. The first-order valence-electron chi connectivity index (χ1n) is 4.37. The lowest BCUT2D eigenvalue weighted by atomic mass is 9.87. The van der Waals surface area contributed by atoms with Gasteiger partial charge < -0.3 is 10.2 Å². The van der Waals surface area contributed by atoms with Crippen LogP contribution >= 0.6 is 0 Å². The molecule has 0 aromatic rings. The normalized spacial score (nSPS) is 41.2. The monoisotopic (exact) mass is 176 g/mol. The molecule has 2 saturated heterocycles. The van der Waals surface area contributed by atoms with E-state index >= 15 is 0 Å². The maximum absolute atomic E-state index is 13.2. The van der Waals surface area contributed by atoms with Gasteiger partial charge in [0.1, 0.15) is 0 Å². The highest BCUT2D eigenvalue weighted by Gasteiger charge is 2.50. The van der Waals surface area contributed by atoms with Gasteiger partial charge in [-0.25, -0.2) is 8.78 Å². The molecule has 0 amide bonds. The number of piperidine rings is 1. The largest absolute Gasteiger partial charge is 0.311 e. The maximum atomic E-state index is 13.2. The summed E-state index contributed by atoms with van der Waals surface area (Å²) in [5.74, 6) is -2.75. The molecule has 0 spiro atoms. The summed E-state index contributed by atoms with van der Waals surface area (Å²) in [5.41, 5.74) is 0. The number of nitrogens with zero attached hydrogens (tertiary/aromatic N) is 1. The Kier molecular flexibility index (Phi) is 1.84. The summed E-state index contributed by atoms with van der Waals surface area (Å²) >= 11 is 0. The lowest BCUT2D eigenvalue weighted by Gasteiger charge is -2.33. The van der Waals surface area contributed by atoms with Crippen molar-refractivity contribution in [2.45, 2.75) is 5.92 Å². The second-order valence-corrected chi connectivity index (χ2v) is 3.98. The Bertz CT molecular complexity index is 184. The SMILES string of the molecule is CN1C[C@H]2CNCC(F)(F)[C@H]2C1.